The van der Waals surface area contributed by atoms with Gasteiger partial charge < -0.3 is 10.5 Å². The van der Waals surface area contributed by atoms with Crippen LogP contribution in [0, 0.1) is 6.42 Å². The number of ether oxygens (including phenoxy) is 1. The number of carbonyl (C=O) groups excluding carboxylic acids is 1. The highest BCUT2D eigenvalue weighted by atomic mass is 16.5. The molecule has 41 valence electrons. The highest BCUT2D eigenvalue weighted by Gasteiger charge is 1.89. The molecular formula is C4H8NO2. The first-order chi connectivity index (χ1) is 4.42. The summed E-state index contributed by atoms with van der Waals surface area (Å²) in [5, 5.41) is 0. The van der Waals surface area contributed by atoms with Crippen LogP contribution in [0.2, 0.25) is 0 Å². The zero-order valence-electron chi connectivity index (χ0n) is 6.68. The summed E-state index contributed by atoms with van der Waals surface area (Å²) in [7, 11) is -2.45. The monoisotopic (exact) mass is 105 g/mol. The number of rotatable bonds is 3. The van der Waals surface area contributed by atoms with E-state index in [1.807, 2.05) is 0 Å². The zero-order chi connectivity index (χ0) is 8.20. The minimum Gasteiger partial charge on any atom is -0.384 e. The van der Waals surface area contributed by atoms with Gasteiger partial charge in [-0.2, -0.15) is 0 Å². The van der Waals surface area contributed by atoms with Crippen molar-refractivity contribution in [1.82, 2.24) is 0 Å². The van der Waals surface area contributed by atoms with Gasteiger partial charge in [-0.25, -0.2) is 0 Å². The van der Waals surface area contributed by atoms with Crippen LogP contribution in [0.5, 0.6) is 0 Å². The van der Waals surface area contributed by atoms with Crippen LogP contribution in [-0.2, 0) is 9.53 Å². The topological polar surface area (TPSA) is 52.3 Å². The first kappa shape index (κ1) is 2.67. The fraction of sp³-hybridized carbons (Fsp3) is 0.500. The van der Waals surface area contributed by atoms with Crippen molar-refractivity contribution < 1.29 is 13.6 Å². The van der Waals surface area contributed by atoms with E-state index in [0.717, 1.165) is 6.42 Å². The smallest absolute Gasteiger partial charge is 0.223 e. The van der Waals surface area contributed by atoms with Crippen molar-refractivity contribution in [3.63, 3.8) is 0 Å². The number of nitrogens with two attached hydrogens (primary N) is 1. The normalized spacial score (nSPS) is 16.9. The average Bonchev–Trinajstić information content (AvgIpc) is 1.59. The Morgan fingerprint density at radius 1 is 2.29 bits per heavy atom. The molecule has 0 aliphatic rings. The number of methoxy groups -OCH3 is 1. The lowest BCUT2D eigenvalue weighted by Gasteiger charge is -1.88. The molecule has 0 spiro atoms. The highest BCUT2D eigenvalue weighted by Crippen LogP contribution is 1.71. The molecule has 0 aliphatic heterocycles. The predicted molar refractivity (Wildman–Crippen MR) is 25.4 cm³/mol. The Bertz CT molecular complexity index is 122. The molecule has 0 saturated heterocycles. The van der Waals surface area contributed by atoms with E-state index in [-0.39, 0.29) is 6.61 Å². The van der Waals surface area contributed by atoms with Crippen molar-refractivity contribution in [3.8, 4) is 0 Å². The van der Waals surface area contributed by atoms with E-state index < -0.39 is 12.9 Å². The van der Waals surface area contributed by atoms with Gasteiger partial charge in [0.05, 0.1) is 17.1 Å². The van der Waals surface area contributed by atoms with Crippen molar-refractivity contribution in [2.75, 3.05) is 13.6 Å². The van der Waals surface area contributed by atoms with Crippen molar-refractivity contribution >= 4 is 5.91 Å². The molecule has 1 amide bonds. The van der Waals surface area contributed by atoms with Gasteiger partial charge in [-0.1, -0.05) is 0 Å². The summed E-state index contributed by atoms with van der Waals surface area (Å²) in [5.74, 6) is -0.691. The maximum Gasteiger partial charge on any atom is 0.223 e. The second kappa shape index (κ2) is 3.61. The molecule has 0 bridgehead atoms. The number of hydrogen-bond donors (Lipinski definition) is 1. The van der Waals surface area contributed by atoms with Crippen LogP contribution in [-0.4, -0.2) is 19.6 Å². The third kappa shape index (κ3) is 5.43. The van der Waals surface area contributed by atoms with E-state index in [9.17, 15) is 4.79 Å². The summed E-state index contributed by atoms with van der Waals surface area (Å²) in [6.07, 6.45) is 0.951. The fourth-order valence-electron chi connectivity index (χ4n) is 0.124. The van der Waals surface area contributed by atoms with Crippen LogP contribution in [0.3, 0.4) is 0 Å². The van der Waals surface area contributed by atoms with Crippen LogP contribution >= 0.6 is 0 Å². The van der Waals surface area contributed by atoms with Gasteiger partial charge in [-0.05, 0) is 0 Å². The van der Waals surface area contributed by atoms with Gasteiger partial charge in [0.25, 0.3) is 0 Å². The molecule has 0 heterocycles. The maximum absolute atomic E-state index is 9.99. The molecule has 0 atom stereocenters. The summed E-state index contributed by atoms with van der Waals surface area (Å²) < 4.78 is 23.7. The molecular weight excluding hydrogens is 94.0 g/mol. The van der Waals surface area contributed by atoms with Crippen molar-refractivity contribution in [1.29, 1.82) is 0 Å². The zero-order valence-corrected chi connectivity index (χ0v) is 3.68. The Morgan fingerprint density at radius 3 is 3.43 bits per heavy atom. The molecule has 0 fully saturated rings. The number of amides is 1. The molecule has 2 N–H and O–H groups in total. The molecule has 0 aromatic rings. The standard InChI is InChI=1S/C4H8NO2/c1-7-3-2-4(5)6/h2H,3H2,1H3,(H2,5,6)/i1D3. The molecule has 3 heteroatoms. The lowest BCUT2D eigenvalue weighted by molar-refractivity contribution is -0.115. The molecule has 0 unspecified atom stereocenters. The second-order valence-corrected chi connectivity index (χ2v) is 0.917. The maximum atomic E-state index is 9.99. The molecule has 7 heavy (non-hydrogen) atoms. The van der Waals surface area contributed by atoms with Crippen molar-refractivity contribution in [3.05, 3.63) is 6.42 Å². The molecule has 1 radical (unpaired) electrons. The van der Waals surface area contributed by atoms with E-state index in [1.54, 1.807) is 0 Å². The van der Waals surface area contributed by atoms with E-state index in [2.05, 4.69) is 10.5 Å². The van der Waals surface area contributed by atoms with E-state index >= 15 is 0 Å². The summed E-state index contributed by atoms with van der Waals surface area (Å²) in [4.78, 5) is 9.99. The van der Waals surface area contributed by atoms with E-state index in [4.69, 9.17) is 4.11 Å². The first-order valence-electron chi connectivity index (χ1n) is 3.18. The summed E-state index contributed by atoms with van der Waals surface area (Å²) in [5.41, 5.74) is 4.66. The van der Waals surface area contributed by atoms with Gasteiger partial charge >= 0.3 is 0 Å². The van der Waals surface area contributed by atoms with E-state index in [0.29, 0.717) is 0 Å². The molecule has 0 saturated carbocycles. The van der Waals surface area contributed by atoms with Gasteiger partial charge in [0.1, 0.15) is 0 Å². The Morgan fingerprint density at radius 2 is 3.00 bits per heavy atom. The van der Waals surface area contributed by atoms with Crippen LogP contribution in [0.1, 0.15) is 4.11 Å². The van der Waals surface area contributed by atoms with Gasteiger partial charge in [0.15, 0.2) is 0 Å². The number of carbonyl (C=O) groups is 1. The Kier molecular flexibility index (Phi) is 1.38. The lowest BCUT2D eigenvalue weighted by Crippen LogP contribution is -2.13. The molecule has 0 aromatic carbocycles. The lowest BCUT2D eigenvalue weighted by atomic mass is 10.4. The van der Waals surface area contributed by atoms with E-state index in [1.165, 1.54) is 0 Å². The third-order valence-electron chi connectivity index (χ3n) is 0.368. The SMILES string of the molecule is [2H]C([2H])([2H])OC[CH]C(N)=O. The Hall–Kier alpha value is -0.570. The van der Waals surface area contributed by atoms with Crippen molar-refractivity contribution in [2.24, 2.45) is 5.73 Å². The predicted octanol–water partition coefficient (Wildman–Crippen LogP) is -0.678. The minimum atomic E-state index is -2.45. The third-order valence-corrected chi connectivity index (χ3v) is 0.368. The quantitative estimate of drug-likeness (QED) is 0.517. The van der Waals surface area contributed by atoms with Crippen LogP contribution in [0.15, 0.2) is 0 Å². The molecule has 0 aliphatic carbocycles. The van der Waals surface area contributed by atoms with Gasteiger partial charge in [0, 0.05) is 7.04 Å². The van der Waals surface area contributed by atoms with Gasteiger partial charge in [-0.3, -0.25) is 4.79 Å². The van der Waals surface area contributed by atoms with Gasteiger partial charge in [0.2, 0.25) is 5.91 Å². The first-order valence-corrected chi connectivity index (χ1v) is 1.68. The van der Waals surface area contributed by atoms with Crippen LogP contribution in [0.4, 0.5) is 0 Å². The summed E-state index contributed by atoms with van der Waals surface area (Å²) in [6, 6.07) is 0. The molecule has 3 nitrogen and oxygen atoms in total. The molecule has 0 aromatic heterocycles. The van der Waals surface area contributed by atoms with Crippen LogP contribution < -0.4 is 5.73 Å². The minimum absolute atomic E-state index is 0.272. The van der Waals surface area contributed by atoms with Crippen LogP contribution in [0.25, 0.3) is 0 Å². The second-order valence-electron chi connectivity index (χ2n) is 0.917. The number of primary amides is 1. The molecule has 0 rings (SSSR count). The fourth-order valence-corrected chi connectivity index (χ4v) is 0.124. The average molecular weight is 105 g/mol. The van der Waals surface area contributed by atoms with Gasteiger partial charge in [-0.15, -0.1) is 0 Å². The summed E-state index contributed by atoms with van der Waals surface area (Å²) >= 11 is 0. The Labute approximate surface area is 46.7 Å². The number of hydrogen-bond acceptors (Lipinski definition) is 2. The highest BCUT2D eigenvalue weighted by molar-refractivity contribution is 5.82. The summed E-state index contributed by atoms with van der Waals surface area (Å²) in [6.45, 7) is -0.272. The van der Waals surface area contributed by atoms with Crippen molar-refractivity contribution in [2.45, 2.75) is 0 Å². The largest absolute Gasteiger partial charge is 0.384 e. The Balaban J connectivity index is 3.29.